The number of hydrogen-bond acceptors (Lipinski definition) is 6. The van der Waals surface area contributed by atoms with Crippen LogP contribution in [0.25, 0.3) is 0 Å². The van der Waals surface area contributed by atoms with Gasteiger partial charge in [-0.3, -0.25) is 15.1 Å². The monoisotopic (exact) mass is 506 g/mol. The summed E-state index contributed by atoms with van der Waals surface area (Å²) in [6.07, 6.45) is 1.26. The van der Waals surface area contributed by atoms with Crippen LogP contribution in [-0.2, 0) is 4.74 Å². The highest BCUT2D eigenvalue weighted by atomic mass is 127. The lowest BCUT2D eigenvalue weighted by atomic mass is 10.1. The van der Waals surface area contributed by atoms with Crippen LogP contribution in [0.5, 0.6) is 0 Å². The number of carbonyl (C=O) groups is 1. The minimum Gasteiger partial charge on any atom is -0.450 e. The van der Waals surface area contributed by atoms with Crippen molar-refractivity contribution in [2.75, 3.05) is 38.1 Å². The molecule has 11 heteroatoms. The average molecular weight is 506 g/mol. The third-order valence-electron chi connectivity index (χ3n) is 4.18. The standard InChI is InChI=1S/C17H26N6O4.HI/c1-2-27-17(24)22-11-7-13(8-12-22)21-16(18)20-10-9-19-14-5-3-4-6-15(14)23(25)26;/h3-6,13,19H,2,7-12H2,1H3,(H3,18,20,21);1H. The molecule has 156 valence electrons. The Morgan fingerprint density at radius 2 is 2.07 bits per heavy atom. The Morgan fingerprint density at radius 3 is 2.71 bits per heavy atom. The molecule has 0 radical (unpaired) electrons. The molecule has 1 heterocycles. The van der Waals surface area contributed by atoms with E-state index in [-0.39, 0.29) is 41.8 Å². The lowest BCUT2D eigenvalue weighted by Gasteiger charge is -2.31. The number of guanidine groups is 1. The van der Waals surface area contributed by atoms with E-state index in [1.807, 2.05) is 0 Å². The Labute approximate surface area is 181 Å². The number of piperidine rings is 1. The van der Waals surface area contributed by atoms with E-state index in [0.717, 1.165) is 12.8 Å². The SMILES string of the molecule is CCOC(=O)N1CCC(NC(N)=NCCNc2ccccc2[N+](=O)[O-])CC1.I. The molecule has 0 bridgehead atoms. The molecule has 4 N–H and O–H groups in total. The lowest BCUT2D eigenvalue weighted by molar-refractivity contribution is -0.384. The van der Waals surface area contributed by atoms with Gasteiger partial charge in [-0.1, -0.05) is 12.1 Å². The number of nitrogens with two attached hydrogens (primary N) is 1. The van der Waals surface area contributed by atoms with Gasteiger partial charge in [-0.05, 0) is 25.8 Å². The van der Waals surface area contributed by atoms with E-state index < -0.39 is 4.92 Å². The van der Waals surface area contributed by atoms with E-state index in [1.165, 1.54) is 6.07 Å². The molecule has 28 heavy (non-hydrogen) atoms. The van der Waals surface area contributed by atoms with Crippen molar-refractivity contribution in [3.05, 3.63) is 34.4 Å². The van der Waals surface area contributed by atoms with Crippen molar-refractivity contribution in [3.8, 4) is 0 Å². The second-order valence-corrected chi connectivity index (χ2v) is 6.07. The minimum atomic E-state index is -0.426. The van der Waals surface area contributed by atoms with E-state index in [1.54, 1.807) is 30.0 Å². The maximum atomic E-state index is 11.7. The molecule has 1 aromatic carbocycles. The summed E-state index contributed by atoms with van der Waals surface area (Å²) in [6.45, 7) is 4.19. The molecule has 2 rings (SSSR count). The van der Waals surface area contributed by atoms with Gasteiger partial charge in [-0.15, -0.1) is 24.0 Å². The van der Waals surface area contributed by atoms with Gasteiger partial charge >= 0.3 is 6.09 Å². The number of para-hydroxylation sites is 2. The zero-order chi connectivity index (χ0) is 19.6. The fourth-order valence-electron chi connectivity index (χ4n) is 2.83. The molecule has 1 saturated heterocycles. The van der Waals surface area contributed by atoms with Crippen LogP contribution in [0, 0.1) is 10.1 Å². The molecule has 0 spiro atoms. The number of anilines is 1. The number of amides is 1. The third-order valence-corrected chi connectivity index (χ3v) is 4.18. The quantitative estimate of drug-likeness (QED) is 0.129. The molecule has 0 aliphatic carbocycles. The number of hydrogen-bond donors (Lipinski definition) is 3. The van der Waals surface area contributed by atoms with E-state index in [4.69, 9.17) is 10.5 Å². The number of halogens is 1. The third kappa shape index (κ3) is 7.37. The first-order valence-electron chi connectivity index (χ1n) is 8.96. The van der Waals surface area contributed by atoms with E-state index in [9.17, 15) is 14.9 Å². The predicted molar refractivity (Wildman–Crippen MR) is 118 cm³/mol. The van der Waals surface area contributed by atoms with Crippen molar-refractivity contribution in [2.45, 2.75) is 25.8 Å². The smallest absolute Gasteiger partial charge is 0.409 e. The second kappa shape index (κ2) is 12.2. The van der Waals surface area contributed by atoms with Crippen LogP contribution in [0.15, 0.2) is 29.3 Å². The summed E-state index contributed by atoms with van der Waals surface area (Å²) in [6, 6.07) is 6.61. The average Bonchev–Trinajstić information content (AvgIpc) is 2.66. The van der Waals surface area contributed by atoms with E-state index in [0.29, 0.717) is 44.4 Å². The fraction of sp³-hybridized carbons (Fsp3) is 0.529. The number of nitro groups is 1. The molecule has 0 saturated carbocycles. The van der Waals surface area contributed by atoms with Crippen molar-refractivity contribution in [1.29, 1.82) is 0 Å². The van der Waals surface area contributed by atoms with Gasteiger partial charge in [0.15, 0.2) is 5.96 Å². The number of carbonyl (C=O) groups excluding carboxylic acids is 1. The molecular weight excluding hydrogens is 479 g/mol. The highest BCUT2D eigenvalue weighted by molar-refractivity contribution is 14.0. The maximum Gasteiger partial charge on any atom is 0.409 e. The molecule has 1 aliphatic rings. The second-order valence-electron chi connectivity index (χ2n) is 6.07. The van der Waals surface area contributed by atoms with Gasteiger partial charge in [-0.2, -0.15) is 0 Å². The first-order chi connectivity index (χ1) is 13.0. The van der Waals surface area contributed by atoms with E-state index >= 15 is 0 Å². The molecule has 0 unspecified atom stereocenters. The van der Waals surface area contributed by atoms with Crippen LogP contribution in [0.4, 0.5) is 16.2 Å². The summed E-state index contributed by atoms with van der Waals surface area (Å²) in [4.78, 5) is 28.1. The van der Waals surface area contributed by atoms with Gasteiger partial charge in [-0.25, -0.2) is 4.79 Å². The van der Waals surface area contributed by atoms with Crippen molar-refractivity contribution in [1.82, 2.24) is 10.2 Å². The Kier molecular flexibility index (Phi) is 10.3. The molecule has 10 nitrogen and oxygen atoms in total. The van der Waals surface area contributed by atoms with E-state index in [2.05, 4.69) is 15.6 Å². The molecule has 1 aliphatic heterocycles. The largest absolute Gasteiger partial charge is 0.450 e. The van der Waals surface area contributed by atoms with Crippen LogP contribution in [0.3, 0.4) is 0 Å². The van der Waals surface area contributed by atoms with Gasteiger partial charge in [0.25, 0.3) is 5.69 Å². The molecule has 1 amide bonds. The van der Waals surface area contributed by atoms with Gasteiger partial charge in [0.2, 0.25) is 0 Å². The number of rotatable bonds is 7. The van der Waals surface area contributed by atoms with Crippen LogP contribution in [0.1, 0.15) is 19.8 Å². The van der Waals surface area contributed by atoms with Crippen molar-refractivity contribution in [3.63, 3.8) is 0 Å². The minimum absolute atomic E-state index is 0. The highest BCUT2D eigenvalue weighted by Gasteiger charge is 2.23. The molecule has 1 aromatic rings. The summed E-state index contributed by atoms with van der Waals surface area (Å²) in [5.74, 6) is 0.328. The summed E-state index contributed by atoms with van der Waals surface area (Å²) in [7, 11) is 0. The van der Waals surface area contributed by atoms with Crippen LogP contribution >= 0.6 is 24.0 Å². The highest BCUT2D eigenvalue weighted by Crippen LogP contribution is 2.22. The fourth-order valence-corrected chi connectivity index (χ4v) is 2.83. The number of nitro benzene ring substituents is 1. The zero-order valence-corrected chi connectivity index (χ0v) is 18.1. The first kappa shape index (κ1) is 23.7. The molecule has 0 atom stereocenters. The predicted octanol–water partition coefficient (Wildman–Crippen LogP) is 2.15. The molecular formula is C17H27IN6O4. The normalized spacial score (nSPS) is 14.8. The van der Waals surface area contributed by atoms with Crippen LogP contribution in [0.2, 0.25) is 0 Å². The van der Waals surface area contributed by atoms with Gasteiger partial charge in [0, 0.05) is 31.7 Å². The topological polar surface area (TPSA) is 135 Å². The first-order valence-corrected chi connectivity index (χ1v) is 8.96. The molecule has 0 aromatic heterocycles. The Bertz CT molecular complexity index is 679. The maximum absolute atomic E-state index is 11.7. The van der Waals surface area contributed by atoms with Crippen molar-refractivity contribution < 1.29 is 14.5 Å². The number of nitrogens with one attached hydrogen (secondary N) is 2. The Hall–Kier alpha value is -2.31. The Balaban J connectivity index is 0.00000392. The lowest BCUT2D eigenvalue weighted by Crippen LogP contribution is -2.48. The van der Waals surface area contributed by atoms with Gasteiger partial charge in [0.1, 0.15) is 5.69 Å². The summed E-state index contributed by atoms with van der Waals surface area (Å²) in [5.41, 5.74) is 6.38. The summed E-state index contributed by atoms with van der Waals surface area (Å²) in [5, 5.41) is 17.1. The summed E-state index contributed by atoms with van der Waals surface area (Å²) < 4.78 is 4.99. The van der Waals surface area contributed by atoms with Gasteiger partial charge in [0.05, 0.1) is 18.1 Å². The zero-order valence-electron chi connectivity index (χ0n) is 15.8. The number of ether oxygens (including phenoxy) is 1. The number of aliphatic imine (C=N–C) groups is 1. The number of benzene rings is 1. The van der Waals surface area contributed by atoms with Crippen LogP contribution < -0.4 is 16.4 Å². The Morgan fingerprint density at radius 1 is 1.39 bits per heavy atom. The molecule has 1 fully saturated rings. The van der Waals surface area contributed by atoms with Gasteiger partial charge < -0.3 is 26.0 Å². The van der Waals surface area contributed by atoms with Crippen molar-refractivity contribution in [2.24, 2.45) is 10.7 Å². The van der Waals surface area contributed by atoms with Crippen molar-refractivity contribution >= 4 is 47.4 Å². The number of nitrogens with zero attached hydrogens (tertiary/aromatic N) is 3. The number of likely N-dealkylation sites (tertiary alicyclic amines) is 1. The van der Waals surface area contributed by atoms with Crippen LogP contribution in [-0.4, -0.2) is 60.7 Å². The summed E-state index contributed by atoms with van der Waals surface area (Å²) >= 11 is 0.